The average molecular weight is 299 g/mol. The molecule has 20 heavy (non-hydrogen) atoms. The summed E-state index contributed by atoms with van der Waals surface area (Å²) in [4.78, 5) is 35.8. The number of carbonyl (C=O) groups excluding carboxylic acids is 1. The molecule has 0 saturated carbocycles. The maximum absolute atomic E-state index is 10.9. The Balaban J connectivity index is 2.75. The van der Waals surface area contributed by atoms with Gasteiger partial charge in [-0.05, 0) is 12.5 Å². The van der Waals surface area contributed by atoms with Crippen molar-refractivity contribution in [1.29, 1.82) is 0 Å². The first-order valence-corrected chi connectivity index (χ1v) is 6.53. The minimum atomic E-state index is -1.15. The van der Waals surface area contributed by atoms with Crippen LogP contribution in [0.1, 0.15) is 12.5 Å². The molecule has 1 heterocycles. The molecule has 0 fully saturated rings. The van der Waals surface area contributed by atoms with E-state index in [2.05, 4.69) is 10.3 Å². The van der Waals surface area contributed by atoms with Crippen molar-refractivity contribution in [3.05, 3.63) is 27.9 Å². The number of aromatic nitrogens is 1. The first kappa shape index (κ1) is 15.9. The number of rotatable bonds is 6. The van der Waals surface area contributed by atoms with Crippen LogP contribution in [0.15, 0.2) is 17.3 Å². The number of nitrogens with zero attached hydrogens (tertiary/aromatic N) is 2. The van der Waals surface area contributed by atoms with Gasteiger partial charge in [-0.3, -0.25) is 14.9 Å². The summed E-state index contributed by atoms with van der Waals surface area (Å²) in [6, 6.07) is 0.331. The molecule has 0 aromatic carbocycles. The third-order valence-corrected chi connectivity index (χ3v) is 3.49. The number of aryl methyl sites for hydroxylation is 1. The number of carboxylic acid groups (broad SMARTS) is 1. The van der Waals surface area contributed by atoms with Gasteiger partial charge in [-0.1, -0.05) is 0 Å². The van der Waals surface area contributed by atoms with Crippen LogP contribution in [0, 0.1) is 17.0 Å². The molecular weight excluding hydrogens is 286 g/mol. The molecule has 0 radical (unpaired) electrons. The summed E-state index contributed by atoms with van der Waals surface area (Å²) < 4.78 is 0. The Morgan fingerprint density at radius 3 is 2.70 bits per heavy atom. The lowest BCUT2D eigenvalue weighted by Gasteiger charge is -2.12. The van der Waals surface area contributed by atoms with Gasteiger partial charge in [-0.15, -0.1) is 11.8 Å². The van der Waals surface area contributed by atoms with Gasteiger partial charge in [-0.2, -0.15) is 0 Å². The number of carbonyl (C=O) groups is 2. The molecule has 9 heteroatoms. The standard InChI is InChI=1S/C11H13N3O5S/c1-6-3-8(14(18)19)4-12-10(6)20-5-9(11(16)17)13-7(2)15/h3-4,9H,5H2,1-2H3,(H,13,15)(H,16,17). The quantitative estimate of drug-likeness (QED) is 0.456. The second kappa shape index (κ2) is 6.85. The van der Waals surface area contributed by atoms with Gasteiger partial charge in [0.1, 0.15) is 12.2 Å². The molecule has 8 nitrogen and oxygen atoms in total. The summed E-state index contributed by atoms with van der Waals surface area (Å²) in [5, 5.41) is 22.3. The van der Waals surface area contributed by atoms with E-state index in [-0.39, 0.29) is 11.4 Å². The van der Waals surface area contributed by atoms with Crippen molar-refractivity contribution in [1.82, 2.24) is 10.3 Å². The van der Waals surface area contributed by atoms with Gasteiger partial charge in [0.05, 0.1) is 9.95 Å². The molecule has 1 amide bonds. The van der Waals surface area contributed by atoms with Crippen LogP contribution in [0.4, 0.5) is 5.69 Å². The van der Waals surface area contributed by atoms with Crippen LogP contribution < -0.4 is 5.32 Å². The van der Waals surface area contributed by atoms with E-state index in [1.54, 1.807) is 6.92 Å². The zero-order chi connectivity index (χ0) is 15.3. The zero-order valence-corrected chi connectivity index (χ0v) is 11.6. The largest absolute Gasteiger partial charge is 0.480 e. The number of hydrogen-bond donors (Lipinski definition) is 2. The van der Waals surface area contributed by atoms with Crippen molar-refractivity contribution in [2.24, 2.45) is 0 Å². The average Bonchev–Trinajstić information content (AvgIpc) is 2.34. The second-order valence-electron chi connectivity index (χ2n) is 3.98. The van der Waals surface area contributed by atoms with Gasteiger partial charge in [0.25, 0.3) is 5.69 Å². The fourth-order valence-corrected chi connectivity index (χ4v) is 2.34. The van der Waals surface area contributed by atoms with Crippen molar-refractivity contribution in [2.45, 2.75) is 24.9 Å². The summed E-state index contributed by atoms with van der Waals surface area (Å²) in [5.41, 5.74) is 0.458. The predicted molar refractivity (Wildman–Crippen MR) is 71.6 cm³/mol. The SMILES string of the molecule is CC(=O)NC(CSc1ncc([N+](=O)[O-])cc1C)C(=O)O. The van der Waals surface area contributed by atoms with Crippen molar-refractivity contribution in [2.75, 3.05) is 5.75 Å². The Morgan fingerprint density at radius 1 is 1.60 bits per heavy atom. The molecule has 0 bridgehead atoms. The maximum atomic E-state index is 10.9. The minimum Gasteiger partial charge on any atom is -0.480 e. The van der Waals surface area contributed by atoms with E-state index >= 15 is 0 Å². The number of hydrogen-bond acceptors (Lipinski definition) is 6. The van der Waals surface area contributed by atoms with Crippen LogP contribution in [-0.2, 0) is 9.59 Å². The monoisotopic (exact) mass is 299 g/mol. The summed E-state index contributed by atoms with van der Waals surface area (Å²) in [6.07, 6.45) is 1.11. The van der Waals surface area contributed by atoms with E-state index in [0.717, 1.165) is 18.0 Å². The van der Waals surface area contributed by atoms with E-state index in [0.29, 0.717) is 10.6 Å². The van der Waals surface area contributed by atoms with Crippen LogP contribution >= 0.6 is 11.8 Å². The van der Waals surface area contributed by atoms with E-state index in [1.165, 1.54) is 13.0 Å². The lowest BCUT2D eigenvalue weighted by Crippen LogP contribution is -2.41. The number of nitrogens with one attached hydrogen (secondary N) is 1. The topological polar surface area (TPSA) is 122 Å². The summed E-state index contributed by atoms with van der Waals surface area (Å²) in [6.45, 7) is 2.88. The van der Waals surface area contributed by atoms with Crippen molar-refractivity contribution in [3.8, 4) is 0 Å². The Morgan fingerprint density at radius 2 is 2.25 bits per heavy atom. The van der Waals surface area contributed by atoms with Gasteiger partial charge in [0, 0.05) is 18.7 Å². The first-order valence-electron chi connectivity index (χ1n) is 5.55. The van der Waals surface area contributed by atoms with Crippen LogP contribution in [0.5, 0.6) is 0 Å². The van der Waals surface area contributed by atoms with Crippen LogP contribution in [0.3, 0.4) is 0 Å². The molecule has 1 rings (SSSR count). The van der Waals surface area contributed by atoms with Crippen molar-refractivity contribution >= 4 is 29.3 Å². The Kier molecular flexibility index (Phi) is 5.44. The van der Waals surface area contributed by atoms with Crippen LogP contribution in [0.25, 0.3) is 0 Å². The maximum Gasteiger partial charge on any atom is 0.327 e. The molecule has 1 aromatic rings. The zero-order valence-electron chi connectivity index (χ0n) is 10.8. The smallest absolute Gasteiger partial charge is 0.327 e. The Bertz CT molecular complexity index is 549. The fourth-order valence-electron chi connectivity index (χ4n) is 1.38. The molecule has 2 N–H and O–H groups in total. The molecule has 0 aliphatic carbocycles. The number of thioether (sulfide) groups is 1. The molecule has 0 aliphatic heterocycles. The van der Waals surface area contributed by atoms with Gasteiger partial charge in [0.2, 0.25) is 5.91 Å². The first-order chi connectivity index (χ1) is 9.31. The summed E-state index contributed by atoms with van der Waals surface area (Å²) in [5.74, 6) is -1.50. The van der Waals surface area contributed by atoms with E-state index < -0.39 is 22.8 Å². The highest BCUT2D eigenvalue weighted by Gasteiger charge is 2.19. The van der Waals surface area contributed by atoms with Crippen molar-refractivity contribution in [3.63, 3.8) is 0 Å². The third kappa shape index (κ3) is 4.50. The third-order valence-electron chi connectivity index (χ3n) is 2.29. The van der Waals surface area contributed by atoms with E-state index in [4.69, 9.17) is 5.11 Å². The Hall–Kier alpha value is -2.16. The number of carboxylic acids is 1. The summed E-state index contributed by atoms with van der Waals surface area (Å²) in [7, 11) is 0. The number of pyridine rings is 1. The Labute approximate surface area is 118 Å². The lowest BCUT2D eigenvalue weighted by molar-refractivity contribution is -0.385. The van der Waals surface area contributed by atoms with Gasteiger partial charge >= 0.3 is 5.97 Å². The predicted octanol–water partition coefficient (Wildman–Crippen LogP) is 0.980. The minimum absolute atomic E-state index is 0.0839. The molecule has 0 spiro atoms. The molecule has 1 aromatic heterocycles. The van der Waals surface area contributed by atoms with E-state index in [1.807, 2.05) is 0 Å². The summed E-state index contributed by atoms with van der Waals surface area (Å²) >= 11 is 1.12. The fraction of sp³-hybridized carbons (Fsp3) is 0.364. The number of amides is 1. The highest BCUT2D eigenvalue weighted by atomic mass is 32.2. The van der Waals surface area contributed by atoms with Gasteiger partial charge in [-0.25, -0.2) is 9.78 Å². The molecule has 0 saturated heterocycles. The highest BCUT2D eigenvalue weighted by molar-refractivity contribution is 7.99. The number of nitro groups is 1. The molecule has 1 unspecified atom stereocenters. The van der Waals surface area contributed by atoms with Crippen molar-refractivity contribution < 1.29 is 19.6 Å². The van der Waals surface area contributed by atoms with Crippen LogP contribution in [0.2, 0.25) is 0 Å². The molecule has 1 atom stereocenters. The van der Waals surface area contributed by atoms with E-state index in [9.17, 15) is 19.7 Å². The van der Waals surface area contributed by atoms with Gasteiger partial charge in [0.15, 0.2) is 0 Å². The van der Waals surface area contributed by atoms with Gasteiger partial charge < -0.3 is 10.4 Å². The molecule has 0 aliphatic rings. The molecular formula is C11H13N3O5S. The molecule has 108 valence electrons. The lowest BCUT2D eigenvalue weighted by atomic mass is 10.3. The highest BCUT2D eigenvalue weighted by Crippen LogP contribution is 2.23. The second-order valence-corrected chi connectivity index (χ2v) is 4.98. The van der Waals surface area contributed by atoms with Crippen LogP contribution in [-0.4, -0.2) is 38.7 Å². The number of aliphatic carboxylic acids is 1. The normalized spacial score (nSPS) is 11.7.